The largest absolute Gasteiger partial charge is 0.478 e. The number of nitrogens with one attached hydrogen (secondary N) is 1. The third kappa shape index (κ3) is 4.31. The highest BCUT2D eigenvalue weighted by atomic mass is 35.5. The van der Waals surface area contributed by atoms with Crippen molar-refractivity contribution in [1.82, 2.24) is 9.62 Å². The summed E-state index contributed by atoms with van der Waals surface area (Å²) in [6, 6.07) is 2.11. The Bertz CT molecular complexity index is 634. The molecule has 0 aliphatic heterocycles. The predicted molar refractivity (Wildman–Crippen MR) is 81.8 cm³/mol. The second-order valence-corrected chi connectivity index (χ2v) is 7.18. The molecule has 21 heavy (non-hydrogen) atoms. The normalized spacial score (nSPS) is 11.9. The maximum absolute atomic E-state index is 12.4. The van der Waals surface area contributed by atoms with E-state index in [9.17, 15) is 13.2 Å². The molecule has 0 fully saturated rings. The molecule has 0 saturated heterocycles. The molecule has 0 atom stereocenters. The van der Waals surface area contributed by atoms with Crippen LogP contribution in [-0.4, -0.2) is 51.0 Å². The molecule has 0 aliphatic carbocycles. The van der Waals surface area contributed by atoms with Gasteiger partial charge in [-0.15, -0.1) is 0 Å². The Morgan fingerprint density at radius 1 is 1.33 bits per heavy atom. The first-order valence-electron chi connectivity index (χ1n) is 6.05. The number of carboxylic acid groups (broad SMARTS) is 1. The molecule has 1 aromatic rings. The standard InChI is InChI=1S/C12H16Cl2N2O4S/c1-15-4-3-5-16(2)21(19,20)11-6-8(12(17)18)9(13)7-10(11)14/h6-7,15H,3-5H2,1-2H3,(H,17,18). The Morgan fingerprint density at radius 3 is 2.48 bits per heavy atom. The minimum Gasteiger partial charge on any atom is -0.478 e. The van der Waals surface area contributed by atoms with Crippen LogP contribution in [0.5, 0.6) is 0 Å². The molecule has 0 unspecified atom stereocenters. The highest BCUT2D eigenvalue weighted by Crippen LogP contribution is 2.30. The monoisotopic (exact) mass is 354 g/mol. The number of sulfonamides is 1. The van der Waals surface area contributed by atoms with Gasteiger partial charge in [-0.2, -0.15) is 0 Å². The van der Waals surface area contributed by atoms with Gasteiger partial charge in [0.2, 0.25) is 10.0 Å². The van der Waals surface area contributed by atoms with Gasteiger partial charge in [0.1, 0.15) is 4.90 Å². The first kappa shape index (κ1) is 18.2. The van der Waals surface area contributed by atoms with Gasteiger partial charge in [-0.3, -0.25) is 0 Å². The number of hydrogen-bond donors (Lipinski definition) is 2. The third-order valence-corrected chi connectivity index (χ3v) is 5.47. The molecule has 2 N–H and O–H groups in total. The van der Waals surface area contributed by atoms with Crippen molar-refractivity contribution in [3.05, 3.63) is 27.7 Å². The molecule has 9 heteroatoms. The summed E-state index contributed by atoms with van der Waals surface area (Å²) in [5.74, 6) is -1.31. The fourth-order valence-electron chi connectivity index (χ4n) is 1.66. The Labute approximate surface area is 133 Å². The summed E-state index contributed by atoms with van der Waals surface area (Å²) in [6.07, 6.45) is 0.614. The van der Waals surface area contributed by atoms with E-state index in [1.54, 1.807) is 7.05 Å². The first-order chi connectivity index (χ1) is 9.71. The number of rotatable bonds is 7. The second-order valence-electron chi connectivity index (χ2n) is 4.35. The van der Waals surface area contributed by atoms with Crippen molar-refractivity contribution >= 4 is 39.2 Å². The van der Waals surface area contributed by atoms with Crippen LogP contribution in [0.2, 0.25) is 10.0 Å². The van der Waals surface area contributed by atoms with Crippen LogP contribution >= 0.6 is 23.2 Å². The lowest BCUT2D eigenvalue weighted by Crippen LogP contribution is -2.30. The predicted octanol–water partition coefficient (Wildman–Crippen LogP) is 1.92. The number of halogens is 2. The van der Waals surface area contributed by atoms with E-state index in [-0.39, 0.29) is 27.0 Å². The molecule has 0 saturated carbocycles. The van der Waals surface area contributed by atoms with E-state index in [1.807, 2.05) is 0 Å². The summed E-state index contributed by atoms with van der Waals surface area (Å²) >= 11 is 11.6. The Balaban J connectivity index is 3.19. The Kier molecular flexibility index (Phi) is 6.42. The highest BCUT2D eigenvalue weighted by Gasteiger charge is 2.26. The van der Waals surface area contributed by atoms with Crippen LogP contribution in [0.15, 0.2) is 17.0 Å². The average Bonchev–Trinajstić information content (AvgIpc) is 2.37. The lowest BCUT2D eigenvalue weighted by atomic mass is 10.2. The molecule has 0 heterocycles. The topological polar surface area (TPSA) is 86.7 Å². The molecule has 0 bridgehead atoms. The summed E-state index contributed by atoms with van der Waals surface area (Å²) in [5.41, 5.74) is -0.303. The van der Waals surface area contributed by atoms with Crippen LogP contribution in [0.1, 0.15) is 16.8 Å². The molecule has 0 aliphatic rings. The van der Waals surface area contributed by atoms with Gasteiger partial charge in [0.05, 0.1) is 15.6 Å². The zero-order valence-electron chi connectivity index (χ0n) is 11.6. The Hall–Kier alpha value is -0.860. The average molecular weight is 355 g/mol. The number of carbonyl (C=O) groups is 1. The van der Waals surface area contributed by atoms with Gasteiger partial charge in [-0.05, 0) is 32.1 Å². The fraction of sp³-hybridized carbons (Fsp3) is 0.417. The summed E-state index contributed by atoms with van der Waals surface area (Å²) in [4.78, 5) is 10.8. The number of hydrogen-bond acceptors (Lipinski definition) is 4. The van der Waals surface area contributed by atoms with Crippen LogP contribution in [0.25, 0.3) is 0 Å². The van der Waals surface area contributed by atoms with Crippen molar-refractivity contribution in [2.24, 2.45) is 0 Å². The van der Waals surface area contributed by atoms with E-state index in [0.717, 1.165) is 16.4 Å². The first-order valence-corrected chi connectivity index (χ1v) is 8.24. The molecule has 0 spiro atoms. The van der Waals surface area contributed by atoms with E-state index in [2.05, 4.69) is 5.32 Å². The second kappa shape index (κ2) is 7.42. The van der Waals surface area contributed by atoms with E-state index >= 15 is 0 Å². The lowest BCUT2D eigenvalue weighted by molar-refractivity contribution is 0.0697. The summed E-state index contributed by atoms with van der Waals surface area (Å²) in [7, 11) is -0.691. The molecular weight excluding hydrogens is 339 g/mol. The van der Waals surface area contributed by atoms with Gasteiger partial charge in [0, 0.05) is 13.6 Å². The zero-order valence-corrected chi connectivity index (χ0v) is 13.9. The van der Waals surface area contributed by atoms with Crippen LogP contribution in [-0.2, 0) is 10.0 Å². The van der Waals surface area contributed by atoms with Crippen molar-refractivity contribution in [3.63, 3.8) is 0 Å². The minimum absolute atomic E-state index is 0.106. The lowest BCUT2D eigenvalue weighted by Gasteiger charge is -2.18. The fourth-order valence-corrected chi connectivity index (χ4v) is 3.69. The SMILES string of the molecule is CNCCCN(C)S(=O)(=O)c1cc(C(=O)O)c(Cl)cc1Cl. The molecule has 6 nitrogen and oxygen atoms in total. The number of nitrogens with zero attached hydrogens (tertiary/aromatic N) is 1. The zero-order chi connectivity index (χ0) is 16.2. The van der Waals surface area contributed by atoms with Crippen LogP contribution in [0, 0.1) is 0 Å². The quantitative estimate of drug-likeness (QED) is 0.730. The van der Waals surface area contributed by atoms with Gasteiger partial charge in [-0.25, -0.2) is 17.5 Å². The number of carboxylic acids is 1. The van der Waals surface area contributed by atoms with E-state index in [0.29, 0.717) is 13.0 Å². The van der Waals surface area contributed by atoms with Gasteiger partial charge >= 0.3 is 5.97 Å². The summed E-state index contributed by atoms with van der Waals surface area (Å²) in [6.45, 7) is 0.944. The van der Waals surface area contributed by atoms with Crippen molar-refractivity contribution in [1.29, 1.82) is 0 Å². The van der Waals surface area contributed by atoms with E-state index < -0.39 is 16.0 Å². The van der Waals surface area contributed by atoms with E-state index in [4.69, 9.17) is 28.3 Å². The van der Waals surface area contributed by atoms with Crippen molar-refractivity contribution < 1.29 is 18.3 Å². The molecule has 0 aromatic heterocycles. The van der Waals surface area contributed by atoms with E-state index in [1.165, 1.54) is 7.05 Å². The molecule has 0 radical (unpaired) electrons. The maximum atomic E-state index is 12.4. The molecule has 1 aromatic carbocycles. The maximum Gasteiger partial charge on any atom is 0.337 e. The van der Waals surface area contributed by atoms with Crippen LogP contribution in [0.4, 0.5) is 0 Å². The number of aromatic carboxylic acids is 1. The van der Waals surface area contributed by atoms with Gasteiger partial charge in [0.25, 0.3) is 0 Å². The third-order valence-electron chi connectivity index (χ3n) is 2.84. The molecule has 118 valence electrons. The minimum atomic E-state index is -3.87. The van der Waals surface area contributed by atoms with Gasteiger partial charge in [0.15, 0.2) is 0 Å². The van der Waals surface area contributed by atoms with Crippen LogP contribution in [0.3, 0.4) is 0 Å². The molecular formula is C12H16Cl2N2O4S. The van der Waals surface area contributed by atoms with Crippen molar-refractivity contribution in [3.8, 4) is 0 Å². The van der Waals surface area contributed by atoms with Gasteiger partial charge < -0.3 is 10.4 Å². The van der Waals surface area contributed by atoms with Crippen molar-refractivity contribution in [2.75, 3.05) is 27.2 Å². The smallest absolute Gasteiger partial charge is 0.337 e. The number of benzene rings is 1. The molecule has 0 amide bonds. The molecule has 1 rings (SSSR count). The van der Waals surface area contributed by atoms with Crippen molar-refractivity contribution in [2.45, 2.75) is 11.3 Å². The summed E-state index contributed by atoms with van der Waals surface area (Å²) < 4.78 is 26.0. The highest BCUT2D eigenvalue weighted by molar-refractivity contribution is 7.89. The Morgan fingerprint density at radius 2 is 1.95 bits per heavy atom. The van der Waals surface area contributed by atoms with Gasteiger partial charge in [-0.1, -0.05) is 23.2 Å². The summed E-state index contributed by atoms with van der Waals surface area (Å²) in [5, 5.41) is 11.7. The van der Waals surface area contributed by atoms with Crippen LogP contribution < -0.4 is 5.32 Å².